The lowest BCUT2D eigenvalue weighted by Crippen LogP contribution is -2.54. The summed E-state index contributed by atoms with van der Waals surface area (Å²) in [6.45, 7) is 0. The van der Waals surface area contributed by atoms with Crippen molar-refractivity contribution < 1.29 is 14.0 Å². The van der Waals surface area contributed by atoms with Crippen molar-refractivity contribution in [2.24, 2.45) is 0 Å². The van der Waals surface area contributed by atoms with Crippen molar-refractivity contribution in [3.05, 3.63) is 80.1 Å². The van der Waals surface area contributed by atoms with E-state index in [1.165, 1.54) is 18.4 Å². The maximum Gasteiger partial charge on any atom is 0.270 e. The molecule has 2 aromatic carbocycles. The molecule has 0 aliphatic carbocycles. The topological polar surface area (TPSA) is 79.6 Å². The van der Waals surface area contributed by atoms with Crippen LogP contribution in [0.25, 0.3) is 17.0 Å². The molecule has 4 rings (SSSR count). The number of carbonyl (C=O) groups is 2. The van der Waals surface area contributed by atoms with Crippen LogP contribution in [-0.2, 0) is 9.59 Å². The summed E-state index contributed by atoms with van der Waals surface area (Å²) in [6.07, 6.45) is 2.36. The molecule has 0 radical (unpaired) electrons. The first kappa shape index (κ1) is 19.3. The van der Waals surface area contributed by atoms with E-state index in [-0.39, 0.29) is 21.6 Å². The Balaban J connectivity index is 1.81. The molecular weight excluding hydrogens is 435 g/mol. The Morgan fingerprint density at radius 1 is 1.00 bits per heavy atom. The summed E-state index contributed by atoms with van der Waals surface area (Å²) < 4.78 is 5.44. The van der Waals surface area contributed by atoms with Crippen LogP contribution in [0.3, 0.4) is 0 Å². The summed E-state index contributed by atoms with van der Waals surface area (Å²) in [7, 11) is 0. The highest BCUT2D eigenvalue weighted by atomic mass is 35.5. The van der Waals surface area contributed by atoms with Crippen molar-refractivity contribution in [3.8, 4) is 0 Å². The Morgan fingerprint density at radius 3 is 2.41 bits per heavy atom. The van der Waals surface area contributed by atoms with E-state index in [0.717, 1.165) is 4.90 Å². The van der Waals surface area contributed by atoms with Gasteiger partial charge in [0.15, 0.2) is 10.5 Å². The monoisotopic (exact) mass is 444 g/mol. The number of hydrogen-bond donors (Lipinski definition) is 1. The normalized spacial score (nSPS) is 15.9. The maximum atomic E-state index is 13.0. The Labute approximate surface area is 179 Å². The van der Waals surface area contributed by atoms with Gasteiger partial charge in [0.25, 0.3) is 11.8 Å². The Bertz CT molecular complexity index is 1280. The molecule has 0 atom stereocenters. The van der Waals surface area contributed by atoms with Crippen LogP contribution in [0, 0.1) is 0 Å². The molecule has 0 saturated carbocycles. The van der Waals surface area contributed by atoms with Crippen LogP contribution in [0.4, 0.5) is 5.69 Å². The molecule has 2 amide bonds. The van der Waals surface area contributed by atoms with Crippen LogP contribution < -0.4 is 15.6 Å². The molecule has 1 aliphatic heterocycles. The molecule has 144 valence electrons. The van der Waals surface area contributed by atoms with E-state index in [0.29, 0.717) is 21.3 Å². The van der Waals surface area contributed by atoms with Gasteiger partial charge < -0.3 is 4.42 Å². The first-order valence-corrected chi connectivity index (χ1v) is 9.39. The average Bonchev–Trinajstić information content (AvgIpc) is 2.68. The van der Waals surface area contributed by atoms with E-state index in [2.05, 4.69) is 5.32 Å². The number of amides is 2. The van der Waals surface area contributed by atoms with Crippen LogP contribution in [0.15, 0.2) is 63.5 Å². The molecule has 1 N–H and O–H groups in total. The summed E-state index contributed by atoms with van der Waals surface area (Å²) >= 11 is 17.0. The third-order valence-corrected chi connectivity index (χ3v) is 5.02. The van der Waals surface area contributed by atoms with Gasteiger partial charge in [0, 0.05) is 10.0 Å². The highest BCUT2D eigenvalue weighted by Crippen LogP contribution is 2.24. The number of benzene rings is 2. The standard InChI is InChI=1S/C20H10Cl2N2O4S/c21-11-1-4-13(5-2-11)24-19(27)15(18(26)23-20(24)29)7-10-9-28-16-6-3-12(22)8-14(16)17(10)25/h1-9H,(H,23,26,29)/b15-7+. The van der Waals surface area contributed by atoms with Gasteiger partial charge in [-0.25, -0.2) is 0 Å². The number of carbonyl (C=O) groups excluding carboxylic acids is 2. The Morgan fingerprint density at radius 2 is 1.69 bits per heavy atom. The minimum Gasteiger partial charge on any atom is -0.463 e. The predicted molar refractivity (Wildman–Crippen MR) is 115 cm³/mol. The molecule has 0 unspecified atom stereocenters. The van der Waals surface area contributed by atoms with Gasteiger partial charge in [0.05, 0.1) is 16.6 Å². The van der Waals surface area contributed by atoms with E-state index >= 15 is 0 Å². The van der Waals surface area contributed by atoms with Gasteiger partial charge in [-0.3, -0.25) is 24.6 Å². The molecule has 1 saturated heterocycles. The zero-order valence-electron chi connectivity index (χ0n) is 14.4. The van der Waals surface area contributed by atoms with Crippen molar-refractivity contribution in [1.82, 2.24) is 5.32 Å². The lowest BCUT2D eigenvalue weighted by atomic mass is 10.1. The highest BCUT2D eigenvalue weighted by Gasteiger charge is 2.34. The van der Waals surface area contributed by atoms with Gasteiger partial charge in [0.2, 0.25) is 0 Å². The third-order valence-electron chi connectivity index (χ3n) is 4.25. The fourth-order valence-corrected chi connectivity index (χ4v) is 3.43. The molecule has 1 aromatic heterocycles. The largest absolute Gasteiger partial charge is 0.463 e. The lowest BCUT2D eigenvalue weighted by Gasteiger charge is -2.28. The van der Waals surface area contributed by atoms with Gasteiger partial charge in [-0.05, 0) is 60.8 Å². The number of anilines is 1. The van der Waals surface area contributed by atoms with Gasteiger partial charge in [0.1, 0.15) is 17.4 Å². The lowest BCUT2D eigenvalue weighted by molar-refractivity contribution is -0.122. The second kappa shape index (κ2) is 7.44. The highest BCUT2D eigenvalue weighted by molar-refractivity contribution is 7.80. The SMILES string of the molecule is O=C1NC(=S)N(c2ccc(Cl)cc2)C(=O)/C1=C/c1coc2ccc(Cl)cc2c1=O. The smallest absolute Gasteiger partial charge is 0.270 e. The molecule has 0 spiro atoms. The van der Waals surface area contributed by atoms with Crippen molar-refractivity contribution in [2.75, 3.05) is 4.90 Å². The summed E-state index contributed by atoms with van der Waals surface area (Å²) in [4.78, 5) is 39.3. The molecule has 9 heteroatoms. The third kappa shape index (κ3) is 3.55. The van der Waals surface area contributed by atoms with E-state index in [9.17, 15) is 14.4 Å². The van der Waals surface area contributed by atoms with Crippen LogP contribution in [-0.4, -0.2) is 16.9 Å². The summed E-state index contributed by atoms with van der Waals surface area (Å²) in [6, 6.07) is 11.0. The minimum absolute atomic E-state index is 0.0298. The molecule has 2 heterocycles. The van der Waals surface area contributed by atoms with Gasteiger partial charge in [-0.1, -0.05) is 23.2 Å². The quantitative estimate of drug-likeness (QED) is 0.368. The Hall–Kier alpha value is -3.00. The van der Waals surface area contributed by atoms with Crippen LogP contribution >= 0.6 is 35.4 Å². The fraction of sp³-hybridized carbons (Fsp3) is 0. The zero-order valence-corrected chi connectivity index (χ0v) is 16.8. The van der Waals surface area contributed by atoms with Gasteiger partial charge in [-0.15, -0.1) is 0 Å². The molecule has 1 aliphatic rings. The molecular formula is C20H10Cl2N2O4S. The van der Waals surface area contributed by atoms with E-state index in [1.54, 1.807) is 36.4 Å². The van der Waals surface area contributed by atoms with Crippen LogP contribution in [0.5, 0.6) is 0 Å². The Kier molecular flexibility index (Phi) is 4.96. The summed E-state index contributed by atoms with van der Waals surface area (Å²) in [5.74, 6) is -1.39. The summed E-state index contributed by atoms with van der Waals surface area (Å²) in [5.41, 5.74) is 0.106. The fourth-order valence-electron chi connectivity index (χ4n) is 2.86. The number of hydrogen-bond acceptors (Lipinski definition) is 5. The van der Waals surface area contributed by atoms with E-state index < -0.39 is 17.2 Å². The zero-order chi connectivity index (χ0) is 20.7. The number of halogens is 2. The second-order valence-corrected chi connectivity index (χ2v) is 7.35. The molecule has 0 bridgehead atoms. The number of fused-ring (bicyclic) bond motifs is 1. The first-order valence-electron chi connectivity index (χ1n) is 8.23. The van der Waals surface area contributed by atoms with Gasteiger partial charge >= 0.3 is 0 Å². The maximum absolute atomic E-state index is 13.0. The second-order valence-electron chi connectivity index (χ2n) is 6.09. The first-order chi connectivity index (χ1) is 13.8. The van der Waals surface area contributed by atoms with E-state index in [4.69, 9.17) is 39.8 Å². The molecule has 6 nitrogen and oxygen atoms in total. The average molecular weight is 445 g/mol. The molecule has 3 aromatic rings. The minimum atomic E-state index is -0.712. The van der Waals surface area contributed by atoms with Gasteiger partial charge in [-0.2, -0.15) is 0 Å². The number of nitrogens with one attached hydrogen (secondary N) is 1. The molecule has 29 heavy (non-hydrogen) atoms. The molecule has 1 fully saturated rings. The summed E-state index contributed by atoms with van der Waals surface area (Å²) in [5, 5.41) is 3.46. The number of nitrogens with zero attached hydrogens (tertiary/aromatic N) is 1. The number of rotatable bonds is 2. The van der Waals surface area contributed by atoms with Crippen LogP contribution in [0.2, 0.25) is 10.0 Å². The van der Waals surface area contributed by atoms with Crippen molar-refractivity contribution in [1.29, 1.82) is 0 Å². The van der Waals surface area contributed by atoms with Crippen molar-refractivity contribution >= 4 is 75.1 Å². The number of thiocarbonyl (C=S) groups is 1. The van der Waals surface area contributed by atoms with Crippen LogP contribution in [0.1, 0.15) is 5.56 Å². The van der Waals surface area contributed by atoms with E-state index in [1.807, 2.05) is 0 Å². The van der Waals surface area contributed by atoms with Crippen molar-refractivity contribution in [3.63, 3.8) is 0 Å². The van der Waals surface area contributed by atoms with Crippen molar-refractivity contribution in [2.45, 2.75) is 0 Å². The predicted octanol–water partition coefficient (Wildman–Crippen LogP) is 3.93.